The molecular weight excluding hydrogens is 412 g/mol. The van der Waals surface area contributed by atoms with Crippen LogP contribution in [0.3, 0.4) is 0 Å². The second-order valence-electron chi connectivity index (χ2n) is 7.51. The number of rotatable bonds is 6. The van der Waals surface area contributed by atoms with Crippen LogP contribution >= 0.6 is 11.6 Å². The van der Waals surface area contributed by atoms with Crippen LogP contribution in [0.2, 0.25) is 5.02 Å². The lowest BCUT2D eigenvalue weighted by atomic mass is 10.1. The van der Waals surface area contributed by atoms with Gasteiger partial charge in [-0.2, -0.15) is 0 Å². The van der Waals surface area contributed by atoms with Gasteiger partial charge in [-0.1, -0.05) is 29.8 Å². The zero-order chi connectivity index (χ0) is 21.6. The van der Waals surface area contributed by atoms with Crippen molar-refractivity contribution >= 4 is 34.8 Å². The Morgan fingerprint density at radius 2 is 1.84 bits per heavy atom. The van der Waals surface area contributed by atoms with Crippen molar-refractivity contribution in [3.05, 3.63) is 71.2 Å². The third-order valence-corrected chi connectivity index (χ3v) is 5.51. The Kier molecular flexibility index (Phi) is 6.70. The minimum Gasteiger partial charge on any atom is -0.396 e. The fraction of sp³-hybridized carbons (Fsp3) is 0.250. The molecule has 1 saturated heterocycles. The van der Waals surface area contributed by atoms with Crippen molar-refractivity contribution in [3.8, 4) is 11.3 Å². The number of urea groups is 1. The van der Waals surface area contributed by atoms with E-state index < -0.39 is 0 Å². The molecule has 1 aromatic heterocycles. The van der Waals surface area contributed by atoms with Crippen LogP contribution in [0, 0.1) is 0 Å². The van der Waals surface area contributed by atoms with E-state index in [1.165, 1.54) is 12.8 Å². The molecule has 3 N–H and O–H groups in total. The zero-order valence-corrected chi connectivity index (χ0v) is 17.9. The number of aliphatic hydroxyl groups is 1. The first-order valence-corrected chi connectivity index (χ1v) is 10.8. The molecule has 0 saturated carbocycles. The summed E-state index contributed by atoms with van der Waals surface area (Å²) in [6, 6.07) is 18.5. The average Bonchev–Trinajstić information content (AvgIpc) is 3.31. The van der Waals surface area contributed by atoms with Crippen molar-refractivity contribution in [2.24, 2.45) is 0 Å². The van der Waals surface area contributed by atoms with Gasteiger partial charge in [0.2, 0.25) is 0 Å². The Labute approximate surface area is 186 Å². The predicted octanol–water partition coefficient (Wildman–Crippen LogP) is 5.18. The van der Waals surface area contributed by atoms with Crippen molar-refractivity contribution in [2.75, 3.05) is 35.2 Å². The van der Waals surface area contributed by atoms with Gasteiger partial charge in [-0.3, -0.25) is 0 Å². The highest BCUT2D eigenvalue weighted by molar-refractivity contribution is 6.30. The van der Waals surface area contributed by atoms with E-state index in [1.54, 1.807) is 18.2 Å². The van der Waals surface area contributed by atoms with Gasteiger partial charge in [0.25, 0.3) is 0 Å². The first-order valence-electron chi connectivity index (χ1n) is 10.4. The maximum absolute atomic E-state index is 12.6. The molecule has 2 aromatic carbocycles. The van der Waals surface area contributed by atoms with Gasteiger partial charge in [-0.05, 0) is 67.3 Å². The lowest BCUT2D eigenvalue weighted by Gasteiger charge is -2.17. The molecule has 0 bridgehead atoms. The largest absolute Gasteiger partial charge is 0.396 e. The van der Waals surface area contributed by atoms with E-state index in [2.05, 4.69) is 15.5 Å². The van der Waals surface area contributed by atoms with Gasteiger partial charge in [0.15, 0.2) is 0 Å². The van der Waals surface area contributed by atoms with Crippen LogP contribution in [-0.4, -0.2) is 35.8 Å². The molecule has 2 amide bonds. The highest BCUT2D eigenvalue weighted by atomic mass is 35.5. The zero-order valence-electron chi connectivity index (χ0n) is 17.1. The number of halogens is 1. The summed E-state index contributed by atoms with van der Waals surface area (Å²) in [6.07, 6.45) is 2.81. The number of aromatic nitrogens is 1. The van der Waals surface area contributed by atoms with Gasteiger partial charge >= 0.3 is 6.03 Å². The second-order valence-corrected chi connectivity index (χ2v) is 7.95. The Balaban J connectivity index is 1.48. The van der Waals surface area contributed by atoms with Crippen LogP contribution in [0.25, 0.3) is 11.3 Å². The molecule has 0 radical (unpaired) electrons. The highest BCUT2D eigenvalue weighted by Crippen LogP contribution is 2.26. The molecule has 2 heterocycles. The third-order valence-electron chi connectivity index (χ3n) is 5.28. The number of carbonyl (C=O) groups excluding carboxylic acids is 1. The Hall–Kier alpha value is -3.09. The molecule has 1 fully saturated rings. The van der Waals surface area contributed by atoms with E-state index in [0.29, 0.717) is 22.8 Å². The predicted molar refractivity (Wildman–Crippen MR) is 126 cm³/mol. The Bertz CT molecular complexity index is 1070. The summed E-state index contributed by atoms with van der Waals surface area (Å²) in [5, 5.41) is 15.5. The molecule has 160 valence electrons. The van der Waals surface area contributed by atoms with Crippen molar-refractivity contribution in [2.45, 2.75) is 19.3 Å². The molecule has 0 unspecified atom stereocenters. The minimum absolute atomic E-state index is 0.0256. The summed E-state index contributed by atoms with van der Waals surface area (Å²) in [5.74, 6) is 0.991. The Morgan fingerprint density at radius 1 is 1.03 bits per heavy atom. The number of anilines is 3. The number of benzene rings is 2. The standard InChI is InChI=1S/C24H25ClN4O2/c25-19-9-10-22(18(15-19)11-14-30)28-24(31)26-20-6-3-5-17(16-20)21-7-4-8-23(27-21)29-12-1-2-13-29/h3-10,15-16,30H,1-2,11-14H2,(H2,26,28,31). The summed E-state index contributed by atoms with van der Waals surface area (Å²) >= 11 is 6.03. The number of nitrogens with zero attached hydrogens (tertiary/aromatic N) is 2. The molecule has 6 nitrogen and oxygen atoms in total. The average molecular weight is 437 g/mol. The van der Waals surface area contributed by atoms with Gasteiger partial charge in [-0.15, -0.1) is 0 Å². The van der Waals surface area contributed by atoms with Gasteiger partial charge < -0.3 is 20.6 Å². The molecule has 0 spiro atoms. The fourth-order valence-electron chi connectivity index (χ4n) is 3.76. The number of nitrogens with one attached hydrogen (secondary N) is 2. The SMILES string of the molecule is O=C(Nc1cccc(-c2cccc(N3CCCC3)n2)c1)Nc1ccc(Cl)cc1CCO. The number of hydrogen-bond donors (Lipinski definition) is 3. The molecule has 1 aliphatic rings. The van der Waals surface area contributed by atoms with Crippen molar-refractivity contribution in [3.63, 3.8) is 0 Å². The van der Waals surface area contributed by atoms with Gasteiger partial charge in [0.1, 0.15) is 5.82 Å². The molecule has 0 atom stereocenters. The van der Waals surface area contributed by atoms with E-state index in [0.717, 1.165) is 35.7 Å². The van der Waals surface area contributed by atoms with E-state index in [1.807, 2.05) is 42.5 Å². The van der Waals surface area contributed by atoms with Crippen LogP contribution in [-0.2, 0) is 6.42 Å². The van der Waals surface area contributed by atoms with Crippen LogP contribution in [0.5, 0.6) is 0 Å². The van der Waals surface area contributed by atoms with Crippen LogP contribution in [0.4, 0.5) is 22.0 Å². The van der Waals surface area contributed by atoms with Crippen LogP contribution < -0.4 is 15.5 Å². The number of aliphatic hydroxyl groups excluding tert-OH is 1. The van der Waals surface area contributed by atoms with Gasteiger partial charge in [0.05, 0.1) is 5.69 Å². The number of hydrogen-bond acceptors (Lipinski definition) is 4. The van der Waals surface area contributed by atoms with Gasteiger partial charge in [0, 0.05) is 41.7 Å². The van der Waals surface area contributed by atoms with Crippen molar-refractivity contribution in [1.29, 1.82) is 0 Å². The van der Waals surface area contributed by atoms with Crippen LogP contribution in [0.15, 0.2) is 60.7 Å². The molecule has 0 aliphatic carbocycles. The third kappa shape index (κ3) is 5.34. The van der Waals surface area contributed by atoms with Gasteiger partial charge in [-0.25, -0.2) is 9.78 Å². The number of amides is 2. The first kappa shape index (κ1) is 21.2. The van der Waals surface area contributed by atoms with Crippen LogP contribution in [0.1, 0.15) is 18.4 Å². The number of carbonyl (C=O) groups is 1. The number of pyridine rings is 1. The summed E-state index contributed by atoms with van der Waals surface area (Å²) < 4.78 is 0. The van der Waals surface area contributed by atoms with E-state index in [9.17, 15) is 9.90 Å². The summed E-state index contributed by atoms with van der Waals surface area (Å²) in [7, 11) is 0. The summed E-state index contributed by atoms with van der Waals surface area (Å²) in [6.45, 7) is 2.06. The molecular formula is C24H25ClN4O2. The molecule has 1 aliphatic heterocycles. The van der Waals surface area contributed by atoms with Crippen molar-refractivity contribution < 1.29 is 9.90 Å². The molecule has 3 aromatic rings. The summed E-state index contributed by atoms with van der Waals surface area (Å²) in [4.78, 5) is 19.7. The lowest BCUT2D eigenvalue weighted by molar-refractivity contribution is 0.262. The molecule has 7 heteroatoms. The van der Waals surface area contributed by atoms with E-state index in [-0.39, 0.29) is 12.6 Å². The minimum atomic E-state index is -0.363. The highest BCUT2D eigenvalue weighted by Gasteiger charge is 2.14. The van der Waals surface area contributed by atoms with E-state index >= 15 is 0 Å². The lowest BCUT2D eigenvalue weighted by Crippen LogP contribution is -2.20. The second kappa shape index (κ2) is 9.81. The smallest absolute Gasteiger partial charge is 0.323 e. The normalized spacial score (nSPS) is 13.3. The Morgan fingerprint density at radius 3 is 2.65 bits per heavy atom. The topological polar surface area (TPSA) is 77.5 Å². The fourth-order valence-corrected chi connectivity index (χ4v) is 3.95. The van der Waals surface area contributed by atoms with Crippen molar-refractivity contribution in [1.82, 2.24) is 4.98 Å². The molecule has 31 heavy (non-hydrogen) atoms. The maximum Gasteiger partial charge on any atom is 0.323 e. The summed E-state index contributed by atoms with van der Waals surface area (Å²) in [5.41, 5.74) is 3.87. The first-order chi connectivity index (χ1) is 15.1. The van der Waals surface area contributed by atoms with E-state index in [4.69, 9.17) is 16.6 Å². The monoisotopic (exact) mass is 436 g/mol. The molecule has 4 rings (SSSR count). The maximum atomic E-state index is 12.6. The quantitative estimate of drug-likeness (QED) is 0.497.